The molecular weight excluding hydrogens is 338 g/mol. The smallest absolute Gasteiger partial charge is 0.328 e. The highest BCUT2D eigenvalue weighted by Gasteiger charge is 2.34. The maximum Gasteiger partial charge on any atom is 0.328 e. The lowest BCUT2D eigenvalue weighted by Crippen LogP contribution is -2.42. The lowest BCUT2D eigenvalue weighted by Gasteiger charge is -2.36. The van der Waals surface area contributed by atoms with Crippen LogP contribution in [-0.2, 0) is 14.3 Å². The first-order valence-electron chi connectivity index (χ1n) is 7.11. The highest BCUT2D eigenvalue weighted by Crippen LogP contribution is 2.33. The van der Waals surface area contributed by atoms with E-state index in [4.69, 9.17) is 21.4 Å². The average molecular weight is 356 g/mol. The predicted molar refractivity (Wildman–Crippen MR) is 90.9 cm³/mol. The summed E-state index contributed by atoms with van der Waals surface area (Å²) in [5.74, 6) is -1.45. The van der Waals surface area contributed by atoms with Gasteiger partial charge in [0.05, 0.1) is 7.11 Å². The fourth-order valence-corrected chi connectivity index (χ4v) is 3.21. The largest absolute Gasteiger partial charge is 0.478 e. The number of aliphatic carboxylic acids is 1. The van der Waals surface area contributed by atoms with Crippen molar-refractivity contribution in [1.29, 1.82) is 0 Å². The van der Waals surface area contributed by atoms with Crippen LogP contribution in [0.25, 0.3) is 0 Å². The van der Waals surface area contributed by atoms with E-state index in [9.17, 15) is 9.59 Å². The van der Waals surface area contributed by atoms with Gasteiger partial charge in [-0.2, -0.15) is 12.6 Å². The molecule has 1 aliphatic rings. The van der Waals surface area contributed by atoms with Gasteiger partial charge in [-0.3, -0.25) is 4.90 Å². The first-order valence-corrected chi connectivity index (χ1v) is 8.01. The molecule has 1 aromatic carbocycles. The fourth-order valence-electron chi connectivity index (χ4n) is 2.69. The van der Waals surface area contributed by atoms with Gasteiger partial charge < -0.3 is 9.84 Å². The van der Waals surface area contributed by atoms with Crippen molar-refractivity contribution < 1.29 is 19.4 Å². The molecule has 5 nitrogen and oxygen atoms in total. The number of halogens is 1. The highest BCUT2D eigenvalue weighted by molar-refractivity contribution is 7.81. The number of carbonyl (C=O) groups excluding carboxylic acids is 1. The molecule has 2 rings (SSSR count). The van der Waals surface area contributed by atoms with Crippen LogP contribution in [-0.4, -0.2) is 47.4 Å². The Labute approximate surface area is 145 Å². The highest BCUT2D eigenvalue weighted by atomic mass is 35.5. The number of likely N-dealkylation sites (tertiary alicyclic amines) is 1. The molecule has 0 amide bonds. The Balaban J connectivity index is 2.35. The van der Waals surface area contributed by atoms with E-state index < -0.39 is 18.0 Å². The van der Waals surface area contributed by atoms with E-state index in [2.05, 4.69) is 12.6 Å². The third kappa shape index (κ3) is 4.28. The van der Waals surface area contributed by atoms with Gasteiger partial charge in [-0.1, -0.05) is 29.8 Å². The molecule has 7 heteroatoms. The summed E-state index contributed by atoms with van der Waals surface area (Å²) in [6, 6.07) is 6.40. The lowest BCUT2D eigenvalue weighted by atomic mass is 9.98. The number of hydrogen-bond acceptors (Lipinski definition) is 5. The Morgan fingerprint density at radius 1 is 1.48 bits per heavy atom. The number of carboxylic acid groups (broad SMARTS) is 1. The molecule has 1 aromatic rings. The molecule has 0 radical (unpaired) electrons. The molecule has 1 fully saturated rings. The Kier molecular flexibility index (Phi) is 6.10. The molecule has 2 unspecified atom stereocenters. The Morgan fingerprint density at radius 3 is 2.78 bits per heavy atom. The number of nitrogens with zero attached hydrogens (tertiary/aromatic N) is 1. The second kappa shape index (κ2) is 7.86. The summed E-state index contributed by atoms with van der Waals surface area (Å²) in [6.45, 7) is 0.918. The topological polar surface area (TPSA) is 66.8 Å². The molecular formula is C16H18ClNO4S. The molecule has 124 valence electrons. The monoisotopic (exact) mass is 355 g/mol. The second-order valence-electron chi connectivity index (χ2n) is 5.28. The second-order valence-corrected chi connectivity index (χ2v) is 6.31. The standard InChI is InChI=1S/C16H18ClNO4S/c1-22-16(21)15(11-4-2-3-5-12(11)17)18-7-6-13(23)10(9-18)8-14(19)20/h2-5,8,13,15,23H,6-7,9H2,1H3,(H,19,20)/b10-8+. The van der Waals surface area contributed by atoms with Gasteiger partial charge in [0.1, 0.15) is 6.04 Å². The number of benzene rings is 1. The zero-order valence-corrected chi connectivity index (χ0v) is 14.3. The first kappa shape index (κ1) is 17.8. The van der Waals surface area contributed by atoms with E-state index >= 15 is 0 Å². The van der Waals surface area contributed by atoms with E-state index in [0.717, 1.165) is 6.08 Å². The Hall–Kier alpha value is -1.50. The van der Waals surface area contributed by atoms with Crippen molar-refractivity contribution in [2.75, 3.05) is 20.2 Å². The molecule has 1 aliphatic heterocycles. The van der Waals surface area contributed by atoms with Crippen LogP contribution >= 0.6 is 24.2 Å². The van der Waals surface area contributed by atoms with Gasteiger partial charge in [0.2, 0.25) is 0 Å². The number of thiol groups is 1. The minimum Gasteiger partial charge on any atom is -0.478 e. The quantitative estimate of drug-likeness (QED) is 0.493. The van der Waals surface area contributed by atoms with Crippen LogP contribution in [0.2, 0.25) is 5.02 Å². The molecule has 1 saturated heterocycles. The van der Waals surface area contributed by atoms with E-state index in [-0.39, 0.29) is 5.25 Å². The first-order chi connectivity index (χ1) is 10.9. The summed E-state index contributed by atoms with van der Waals surface area (Å²) in [5.41, 5.74) is 1.31. The third-order valence-electron chi connectivity index (χ3n) is 3.80. The number of rotatable bonds is 4. The Morgan fingerprint density at radius 2 is 2.17 bits per heavy atom. The van der Waals surface area contributed by atoms with Crippen LogP contribution in [0, 0.1) is 0 Å². The maximum atomic E-state index is 12.3. The van der Waals surface area contributed by atoms with Gasteiger partial charge in [-0.05, 0) is 23.6 Å². The van der Waals surface area contributed by atoms with Crippen molar-refractivity contribution in [3.63, 3.8) is 0 Å². The van der Waals surface area contributed by atoms with Crippen molar-refractivity contribution in [1.82, 2.24) is 4.90 Å². The number of carboxylic acids is 1. The van der Waals surface area contributed by atoms with Crippen LogP contribution < -0.4 is 0 Å². The van der Waals surface area contributed by atoms with Crippen LogP contribution in [0.5, 0.6) is 0 Å². The Bertz CT molecular complexity index is 634. The number of hydrogen-bond donors (Lipinski definition) is 2. The molecule has 1 heterocycles. The molecule has 0 aromatic heterocycles. The van der Waals surface area contributed by atoms with Crippen LogP contribution in [0.3, 0.4) is 0 Å². The van der Waals surface area contributed by atoms with Crippen LogP contribution in [0.15, 0.2) is 35.9 Å². The van der Waals surface area contributed by atoms with Gasteiger partial charge in [0.25, 0.3) is 0 Å². The molecule has 0 saturated carbocycles. The van der Waals surface area contributed by atoms with Gasteiger partial charge in [0, 0.05) is 29.4 Å². The van der Waals surface area contributed by atoms with Crippen molar-refractivity contribution >= 4 is 36.2 Å². The summed E-state index contributed by atoms with van der Waals surface area (Å²) in [4.78, 5) is 25.1. The number of piperidine rings is 1. The normalized spacial score (nSPS) is 21.9. The zero-order valence-electron chi connectivity index (χ0n) is 12.6. The molecule has 23 heavy (non-hydrogen) atoms. The molecule has 0 spiro atoms. The molecule has 0 aliphatic carbocycles. The number of ether oxygens (including phenoxy) is 1. The summed E-state index contributed by atoms with van der Waals surface area (Å²) in [7, 11) is 1.32. The van der Waals surface area contributed by atoms with Crippen molar-refractivity contribution in [2.24, 2.45) is 0 Å². The van der Waals surface area contributed by atoms with Crippen molar-refractivity contribution in [2.45, 2.75) is 17.7 Å². The summed E-state index contributed by atoms with van der Waals surface area (Å²) >= 11 is 10.7. The number of esters is 1. The van der Waals surface area contributed by atoms with Gasteiger partial charge in [-0.15, -0.1) is 0 Å². The van der Waals surface area contributed by atoms with Crippen molar-refractivity contribution in [3.05, 3.63) is 46.5 Å². The predicted octanol–water partition coefficient (Wildman–Crippen LogP) is 2.57. The molecule has 0 bridgehead atoms. The number of carbonyl (C=O) groups is 2. The van der Waals surface area contributed by atoms with Crippen LogP contribution in [0.4, 0.5) is 0 Å². The lowest BCUT2D eigenvalue weighted by molar-refractivity contribution is -0.147. The third-order valence-corrected chi connectivity index (χ3v) is 4.74. The molecule has 2 atom stereocenters. The van der Waals surface area contributed by atoms with E-state index in [1.54, 1.807) is 24.3 Å². The summed E-state index contributed by atoms with van der Waals surface area (Å²) in [6.07, 6.45) is 1.80. The van der Waals surface area contributed by atoms with Gasteiger partial charge in [0.15, 0.2) is 0 Å². The number of methoxy groups -OCH3 is 1. The summed E-state index contributed by atoms with van der Waals surface area (Å²) in [5, 5.41) is 9.32. The zero-order chi connectivity index (χ0) is 17.0. The average Bonchev–Trinajstić information content (AvgIpc) is 2.51. The minimum absolute atomic E-state index is 0.133. The minimum atomic E-state index is -1.02. The maximum absolute atomic E-state index is 12.3. The van der Waals surface area contributed by atoms with Gasteiger partial charge >= 0.3 is 11.9 Å². The van der Waals surface area contributed by atoms with Gasteiger partial charge in [-0.25, -0.2) is 9.59 Å². The summed E-state index contributed by atoms with van der Waals surface area (Å²) < 4.78 is 4.92. The van der Waals surface area contributed by atoms with E-state index in [1.807, 2.05) is 4.90 Å². The van der Waals surface area contributed by atoms with E-state index in [1.165, 1.54) is 7.11 Å². The fraction of sp³-hybridized carbons (Fsp3) is 0.375. The molecule has 1 N–H and O–H groups in total. The SMILES string of the molecule is COC(=O)C(c1ccccc1Cl)N1CCC(S)/C(=C/C(=O)O)C1. The van der Waals surface area contributed by atoms with Crippen molar-refractivity contribution in [3.8, 4) is 0 Å². The van der Waals surface area contributed by atoms with Crippen LogP contribution in [0.1, 0.15) is 18.0 Å². The van der Waals surface area contributed by atoms with E-state index in [0.29, 0.717) is 35.7 Å².